The average Bonchev–Trinajstić information content (AvgIpc) is 2.35. The van der Waals surface area contributed by atoms with Gasteiger partial charge in [-0.15, -0.1) is 0 Å². The predicted molar refractivity (Wildman–Crippen MR) is 95.6 cm³/mol. The topological polar surface area (TPSA) is 17.1 Å². The number of benzene rings is 1. The Balaban J connectivity index is 2.58. The lowest BCUT2D eigenvalue weighted by Gasteiger charge is -2.30. The number of aryl methyl sites for hydroxylation is 1. The molecule has 0 heterocycles. The number of Topliss-reactive ketones (excluding diaryl/α,β-unsaturated/α-hetero) is 1. The van der Waals surface area contributed by atoms with Crippen molar-refractivity contribution in [1.82, 2.24) is 0 Å². The van der Waals surface area contributed by atoms with E-state index < -0.39 is 8.07 Å². The molecule has 0 N–H and O–H groups in total. The summed E-state index contributed by atoms with van der Waals surface area (Å²) in [7, 11) is -0.969. The Kier molecular flexibility index (Phi) is 6.86. The summed E-state index contributed by atoms with van der Waals surface area (Å²) >= 11 is 0. The minimum absolute atomic E-state index is 0.168. The van der Waals surface area contributed by atoms with Gasteiger partial charge < -0.3 is 4.79 Å². The molecule has 2 heteroatoms. The number of ketones is 1. The molecule has 0 radical (unpaired) electrons. The van der Waals surface area contributed by atoms with Crippen LogP contribution in [0.15, 0.2) is 30.3 Å². The minimum Gasteiger partial charge on any atom is -0.300 e. The van der Waals surface area contributed by atoms with E-state index >= 15 is 0 Å². The fourth-order valence-electron chi connectivity index (χ4n) is 3.04. The van der Waals surface area contributed by atoms with Crippen LogP contribution in [0.5, 0.6) is 0 Å². The van der Waals surface area contributed by atoms with Crippen LogP contribution >= 0.6 is 0 Å². The third-order valence-corrected chi connectivity index (χ3v) is 6.10. The van der Waals surface area contributed by atoms with E-state index in [4.69, 9.17) is 0 Å². The highest BCUT2D eigenvalue weighted by Crippen LogP contribution is 2.35. The van der Waals surface area contributed by atoms with Gasteiger partial charge in [-0.3, -0.25) is 0 Å². The molecular formula is C19H32OSi. The van der Waals surface area contributed by atoms with Crippen LogP contribution in [-0.2, 0) is 11.2 Å². The molecule has 0 amide bonds. The number of hydrogen-bond acceptors (Lipinski definition) is 1. The van der Waals surface area contributed by atoms with Crippen LogP contribution in [0.1, 0.15) is 45.1 Å². The molecule has 1 unspecified atom stereocenters. The number of rotatable bonds is 9. The van der Waals surface area contributed by atoms with E-state index in [1.807, 2.05) is 0 Å². The first kappa shape index (κ1) is 18.2. The van der Waals surface area contributed by atoms with Crippen molar-refractivity contribution < 1.29 is 4.79 Å². The lowest BCUT2D eigenvalue weighted by molar-refractivity contribution is -0.119. The standard InChI is InChI=1S/C19H32OSi/c1-17(20)16-19(2,13-9-15-21(3,4)5)14-12-18-10-7-6-8-11-18/h6-8,10-11H,9,12-16H2,1-5H3. The number of hydrogen-bond donors (Lipinski definition) is 0. The van der Waals surface area contributed by atoms with E-state index in [1.54, 1.807) is 6.92 Å². The van der Waals surface area contributed by atoms with Gasteiger partial charge in [0.1, 0.15) is 5.78 Å². The maximum Gasteiger partial charge on any atom is 0.130 e. The largest absolute Gasteiger partial charge is 0.300 e. The lowest BCUT2D eigenvalue weighted by atomic mass is 9.76. The molecule has 21 heavy (non-hydrogen) atoms. The van der Waals surface area contributed by atoms with E-state index in [-0.39, 0.29) is 5.41 Å². The van der Waals surface area contributed by atoms with Gasteiger partial charge in [0.15, 0.2) is 0 Å². The van der Waals surface area contributed by atoms with Crippen LogP contribution in [0.2, 0.25) is 25.7 Å². The van der Waals surface area contributed by atoms with Gasteiger partial charge in [-0.2, -0.15) is 0 Å². The maximum absolute atomic E-state index is 11.6. The summed E-state index contributed by atoms with van der Waals surface area (Å²) in [5.41, 5.74) is 1.55. The first-order chi connectivity index (χ1) is 9.70. The molecule has 0 aliphatic rings. The molecular weight excluding hydrogens is 272 g/mol. The van der Waals surface area contributed by atoms with E-state index in [2.05, 4.69) is 56.9 Å². The second-order valence-corrected chi connectivity index (χ2v) is 13.7. The van der Waals surface area contributed by atoms with Crippen LogP contribution in [0.4, 0.5) is 0 Å². The molecule has 0 saturated heterocycles. The molecule has 1 nitrogen and oxygen atoms in total. The Morgan fingerprint density at radius 3 is 2.24 bits per heavy atom. The molecule has 1 atom stereocenters. The van der Waals surface area contributed by atoms with Gasteiger partial charge in [-0.1, -0.05) is 69.4 Å². The third kappa shape index (κ3) is 8.20. The third-order valence-electron chi connectivity index (χ3n) is 4.24. The van der Waals surface area contributed by atoms with Gasteiger partial charge in [-0.25, -0.2) is 0 Å². The Morgan fingerprint density at radius 2 is 1.71 bits per heavy atom. The maximum atomic E-state index is 11.6. The van der Waals surface area contributed by atoms with Gasteiger partial charge in [0, 0.05) is 14.5 Å². The van der Waals surface area contributed by atoms with Crippen LogP contribution in [0, 0.1) is 5.41 Å². The normalized spacial score (nSPS) is 14.7. The molecule has 1 rings (SSSR count). The summed E-state index contributed by atoms with van der Waals surface area (Å²) in [5, 5.41) is 0. The number of carbonyl (C=O) groups excluding carboxylic acids is 1. The van der Waals surface area contributed by atoms with E-state index in [9.17, 15) is 4.79 Å². The van der Waals surface area contributed by atoms with Crippen molar-refractivity contribution in [1.29, 1.82) is 0 Å². The fourth-order valence-corrected chi connectivity index (χ4v) is 4.28. The highest BCUT2D eigenvalue weighted by molar-refractivity contribution is 6.76. The van der Waals surface area contributed by atoms with Crippen molar-refractivity contribution in [2.75, 3.05) is 0 Å². The van der Waals surface area contributed by atoms with Crippen LogP contribution in [0.25, 0.3) is 0 Å². The SMILES string of the molecule is CC(=O)CC(C)(CCC[Si](C)(C)C)CCc1ccccc1. The average molecular weight is 305 g/mol. The highest BCUT2D eigenvalue weighted by Gasteiger charge is 2.26. The zero-order chi connectivity index (χ0) is 15.9. The smallest absolute Gasteiger partial charge is 0.130 e. The fraction of sp³-hybridized carbons (Fsp3) is 0.632. The van der Waals surface area contributed by atoms with Crippen LogP contribution < -0.4 is 0 Å². The van der Waals surface area contributed by atoms with Gasteiger partial charge in [0.2, 0.25) is 0 Å². The predicted octanol–water partition coefficient (Wildman–Crippen LogP) is 5.72. The lowest BCUT2D eigenvalue weighted by Crippen LogP contribution is -2.24. The zero-order valence-corrected chi connectivity index (χ0v) is 15.5. The Bertz CT molecular complexity index is 433. The van der Waals surface area contributed by atoms with E-state index in [1.165, 1.54) is 24.4 Å². The zero-order valence-electron chi connectivity index (χ0n) is 14.5. The van der Waals surface area contributed by atoms with Gasteiger partial charge in [0.05, 0.1) is 0 Å². The molecule has 0 aliphatic heterocycles. The Labute approximate surface area is 132 Å². The quantitative estimate of drug-likeness (QED) is 0.533. The Morgan fingerprint density at radius 1 is 1.10 bits per heavy atom. The summed E-state index contributed by atoms with van der Waals surface area (Å²) < 4.78 is 0. The van der Waals surface area contributed by atoms with E-state index in [0.717, 1.165) is 19.3 Å². The highest BCUT2D eigenvalue weighted by atomic mass is 28.3. The van der Waals surface area contributed by atoms with Crippen molar-refractivity contribution in [2.24, 2.45) is 5.41 Å². The molecule has 118 valence electrons. The van der Waals surface area contributed by atoms with Gasteiger partial charge in [0.25, 0.3) is 0 Å². The minimum atomic E-state index is -0.969. The molecule has 0 bridgehead atoms. The summed E-state index contributed by atoms with van der Waals surface area (Å²) in [6, 6.07) is 12.0. The first-order valence-corrected chi connectivity index (χ1v) is 11.9. The first-order valence-electron chi connectivity index (χ1n) is 8.24. The van der Waals surface area contributed by atoms with Crippen molar-refractivity contribution in [3.05, 3.63) is 35.9 Å². The monoisotopic (exact) mass is 304 g/mol. The second kappa shape index (κ2) is 7.93. The summed E-state index contributed by atoms with van der Waals surface area (Å²) in [6.07, 6.45) is 5.38. The number of carbonyl (C=O) groups is 1. The van der Waals surface area contributed by atoms with Crippen molar-refractivity contribution in [3.63, 3.8) is 0 Å². The molecule has 0 spiro atoms. The molecule has 0 fully saturated rings. The van der Waals surface area contributed by atoms with Crippen molar-refractivity contribution >= 4 is 13.9 Å². The molecule has 0 aliphatic carbocycles. The van der Waals surface area contributed by atoms with Crippen LogP contribution in [0.3, 0.4) is 0 Å². The summed E-state index contributed by atoms with van der Waals surface area (Å²) in [4.78, 5) is 11.6. The summed E-state index contributed by atoms with van der Waals surface area (Å²) in [5.74, 6) is 0.332. The molecule has 1 aromatic rings. The second-order valence-electron chi connectivity index (χ2n) is 8.09. The van der Waals surface area contributed by atoms with Crippen molar-refractivity contribution in [3.8, 4) is 0 Å². The Hall–Kier alpha value is -0.893. The van der Waals surface area contributed by atoms with E-state index in [0.29, 0.717) is 5.78 Å². The van der Waals surface area contributed by atoms with Crippen molar-refractivity contribution in [2.45, 2.75) is 71.6 Å². The molecule has 0 aromatic heterocycles. The van der Waals surface area contributed by atoms with Crippen LogP contribution in [-0.4, -0.2) is 13.9 Å². The van der Waals surface area contributed by atoms with Gasteiger partial charge >= 0.3 is 0 Å². The van der Waals surface area contributed by atoms with Gasteiger partial charge in [-0.05, 0) is 37.2 Å². The summed E-state index contributed by atoms with van der Waals surface area (Å²) in [6.45, 7) is 11.3. The molecule has 1 aromatic carbocycles. The molecule has 0 saturated carbocycles.